The number of carbonyl (C=O) groups excluding carboxylic acids is 1. The highest BCUT2D eigenvalue weighted by molar-refractivity contribution is 5.91. The zero-order valence-electron chi connectivity index (χ0n) is 11.3. The third kappa shape index (κ3) is 2.86. The number of rotatable bonds is 4. The highest BCUT2D eigenvalue weighted by atomic mass is 16.5. The number of nitriles is 1. The van der Waals surface area contributed by atoms with E-state index < -0.39 is 5.97 Å². The van der Waals surface area contributed by atoms with Gasteiger partial charge in [0.25, 0.3) is 0 Å². The van der Waals surface area contributed by atoms with Crippen molar-refractivity contribution in [3.8, 4) is 6.07 Å². The molecule has 5 nitrogen and oxygen atoms in total. The topological polar surface area (TPSA) is 76.1 Å². The van der Waals surface area contributed by atoms with Crippen LogP contribution in [0.2, 0.25) is 0 Å². The molecule has 0 saturated heterocycles. The Morgan fingerprint density at radius 3 is 2.80 bits per heavy atom. The molecule has 0 fully saturated rings. The minimum atomic E-state index is -0.448. The Bertz CT molecular complexity index is 648. The van der Waals surface area contributed by atoms with Gasteiger partial charge in [0, 0.05) is 0 Å². The second-order valence-corrected chi connectivity index (χ2v) is 4.37. The van der Waals surface area contributed by atoms with Gasteiger partial charge in [-0.1, -0.05) is 23.4 Å². The Morgan fingerprint density at radius 1 is 1.40 bits per heavy atom. The van der Waals surface area contributed by atoms with E-state index in [2.05, 4.69) is 5.16 Å². The van der Waals surface area contributed by atoms with Crippen LogP contribution in [0.25, 0.3) is 0 Å². The SMILES string of the molecule is Cc1noc(C)c1COC(=O)c1ccccc1CC#N. The first kappa shape index (κ1) is 13.8. The third-order valence-electron chi connectivity index (χ3n) is 3.04. The summed E-state index contributed by atoms with van der Waals surface area (Å²) >= 11 is 0. The number of benzene rings is 1. The summed E-state index contributed by atoms with van der Waals surface area (Å²) in [5.74, 6) is 0.191. The summed E-state index contributed by atoms with van der Waals surface area (Å²) < 4.78 is 10.3. The van der Waals surface area contributed by atoms with Crippen LogP contribution in [0.4, 0.5) is 0 Å². The van der Waals surface area contributed by atoms with Gasteiger partial charge in [-0.2, -0.15) is 5.26 Å². The van der Waals surface area contributed by atoms with Crippen LogP contribution in [-0.4, -0.2) is 11.1 Å². The normalized spacial score (nSPS) is 10.1. The van der Waals surface area contributed by atoms with Crippen molar-refractivity contribution in [2.45, 2.75) is 26.9 Å². The van der Waals surface area contributed by atoms with E-state index in [4.69, 9.17) is 14.5 Å². The summed E-state index contributed by atoms with van der Waals surface area (Å²) in [6.45, 7) is 3.68. The molecule has 0 saturated carbocycles. The van der Waals surface area contributed by atoms with Gasteiger partial charge in [-0.05, 0) is 25.5 Å². The summed E-state index contributed by atoms with van der Waals surface area (Å²) in [7, 11) is 0. The smallest absolute Gasteiger partial charge is 0.338 e. The molecule has 2 aromatic rings. The first-order valence-electron chi connectivity index (χ1n) is 6.17. The Hall–Kier alpha value is -2.61. The van der Waals surface area contributed by atoms with Gasteiger partial charge in [-0.15, -0.1) is 0 Å². The second-order valence-electron chi connectivity index (χ2n) is 4.37. The van der Waals surface area contributed by atoms with Gasteiger partial charge in [-0.25, -0.2) is 4.79 Å². The minimum absolute atomic E-state index is 0.112. The van der Waals surface area contributed by atoms with Gasteiger partial charge in [0.05, 0.1) is 29.3 Å². The van der Waals surface area contributed by atoms with E-state index in [9.17, 15) is 4.79 Å². The number of ether oxygens (including phenoxy) is 1. The van der Waals surface area contributed by atoms with Gasteiger partial charge >= 0.3 is 5.97 Å². The molecule has 1 aromatic carbocycles. The second kappa shape index (κ2) is 6.02. The summed E-state index contributed by atoms with van der Waals surface area (Å²) in [4.78, 5) is 12.1. The molecule has 0 aliphatic rings. The van der Waals surface area contributed by atoms with E-state index in [1.807, 2.05) is 6.07 Å². The number of hydrogen-bond donors (Lipinski definition) is 0. The molecule has 5 heteroatoms. The quantitative estimate of drug-likeness (QED) is 0.798. The molecule has 0 spiro atoms. The van der Waals surface area contributed by atoms with Crippen LogP contribution < -0.4 is 0 Å². The van der Waals surface area contributed by atoms with Gasteiger partial charge in [0.2, 0.25) is 0 Å². The molecule has 2 rings (SSSR count). The number of carbonyl (C=O) groups is 1. The van der Waals surface area contributed by atoms with Crippen LogP contribution in [0.3, 0.4) is 0 Å². The van der Waals surface area contributed by atoms with E-state index in [-0.39, 0.29) is 13.0 Å². The van der Waals surface area contributed by atoms with E-state index in [1.165, 1.54) is 0 Å². The summed E-state index contributed by atoms with van der Waals surface area (Å²) in [6, 6.07) is 8.97. The maximum atomic E-state index is 12.1. The fraction of sp³-hybridized carbons (Fsp3) is 0.267. The molecule has 102 valence electrons. The summed E-state index contributed by atoms with van der Waals surface area (Å²) in [5.41, 5.74) is 2.57. The van der Waals surface area contributed by atoms with Gasteiger partial charge in [0.1, 0.15) is 12.4 Å². The van der Waals surface area contributed by atoms with Crippen LogP contribution >= 0.6 is 0 Å². The largest absolute Gasteiger partial charge is 0.457 e. The van der Waals surface area contributed by atoms with Crippen LogP contribution in [0.15, 0.2) is 28.8 Å². The molecule has 0 amide bonds. The zero-order valence-corrected chi connectivity index (χ0v) is 11.3. The van der Waals surface area contributed by atoms with Crippen LogP contribution in [-0.2, 0) is 17.8 Å². The number of hydrogen-bond acceptors (Lipinski definition) is 5. The van der Waals surface area contributed by atoms with Crippen molar-refractivity contribution in [1.82, 2.24) is 5.16 Å². The molecule has 20 heavy (non-hydrogen) atoms. The Morgan fingerprint density at radius 2 is 2.15 bits per heavy atom. The standard InChI is InChI=1S/C15H14N2O3/c1-10-14(11(2)20-17-10)9-19-15(18)13-6-4-3-5-12(13)7-8-16/h3-6H,7,9H2,1-2H3. The number of aryl methyl sites for hydroxylation is 2. The van der Waals surface area contributed by atoms with Crippen molar-refractivity contribution in [2.75, 3.05) is 0 Å². The molecule has 0 aliphatic carbocycles. The molecule has 1 heterocycles. The first-order valence-corrected chi connectivity index (χ1v) is 6.17. The zero-order chi connectivity index (χ0) is 14.5. The Balaban J connectivity index is 2.12. The molecule has 0 unspecified atom stereocenters. The Labute approximate surface area is 116 Å². The highest BCUT2D eigenvalue weighted by Gasteiger charge is 2.15. The lowest BCUT2D eigenvalue weighted by molar-refractivity contribution is 0.0470. The first-order chi connectivity index (χ1) is 9.63. The average molecular weight is 270 g/mol. The van der Waals surface area contributed by atoms with Gasteiger partial charge in [-0.3, -0.25) is 0 Å². The lowest BCUT2D eigenvalue weighted by Gasteiger charge is -2.07. The molecule has 1 aromatic heterocycles. The van der Waals surface area contributed by atoms with Crippen LogP contribution in [0.5, 0.6) is 0 Å². The Kier molecular flexibility index (Phi) is 4.16. The average Bonchev–Trinajstić information content (AvgIpc) is 2.76. The molecular weight excluding hydrogens is 256 g/mol. The van der Waals surface area contributed by atoms with Crippen LogP contribution in [0.1, 0.15) is 32.9 Å². The minimum Gasteiger partial charge on any atom is -0.457 e. The molecule has 0 atom stereocenters. The lowest BCUT2D eigenvalue weighted by Crippen LogP contribution is -2.09. The van der Waals surface area contributed by atoms with E-state index in [0.29, 0.717) is 22.6 Å². The highest BCUT2D eigenvalue weighted by Crippen LogP contribution is 2.16. The van der Waals surface area contributed by atoms with Crippen LogP contribution in [0, 0.1) is 25.2 Å². The van der Waals surface area contributed by atoms with Gasteiger partial charge in [0.15, 0.2) is 0 Å². The lowest BCUT2D eigenvalue weighted by atomic mass is 10.1. The predicted molar refractivity (Wildman–Crippen MR) is 70.9 cm³/mol. The van der Waals surface area contributed by atoms with Crippen molar-refractivity contribution in [3.63, 3.8) is 0 Å². The van der Waals surface area contributed by atoms with E-state index >= 15 is 0 Å². The molecule has 0 bridgehead atoms. The third-order valence-corrected chi connectivity index (χ3v) is 3.04. The van der Waals surface area contributed by atoms with Crippen molar-refractivity contribution < 1.29 is 14.1 Å². The molecular formula is C15H14N2O3. The number of esters is 1. The maximum Gasteiger partial charge on any atom is 0.338 e. The fourth-order valence-corrected chi connectivity index (χ4v) is 1.88. The molecule has 0 radical (unpaired) electrons. The fourth-order valence-electron chi connectivity index (χ4n) is 1.88. The van der Waals surface area contributed by atoms with Crippen molar-refractivity contribution in [1.29, 1.82) is 5.26 Å². The van der Waals surface area contributed by atoms with E-state index in [0.717, 1.165) is 5.56 Å². The maximum absolute atomic E-state index is 12.1. The van der Waals surface area contributed by atoms with E-state index in [1.54, 1.807) is 38.1 Å². The number of nitrogens with zero attached hydrogens (tertiary/aromatic N) is 2. The monoisotopic (exact) mass is 270 g/mol. The molecule has 0 N–H and O–H groups in total. The molecule has 0 aliphatic heterocycles. The number of aromatic nitrogens is 1. The summed E-state index contributed by atoms with van der Waals surface area (Å²) in [5, 5.41) is 12.6. The predicted octanol–water partition coefficient (Wildman–Crippen LogP) is 2.71. The summed E-state index contributed by atoms with van der Waals surface area (Å²) in [6.07, 6.45) is 0.177. The van der Waals surface area contributed by atoms with Gasteiger partial charge < -0.3 is 9.26 Å². The van der Waals surface area contributed by atoms with Crippen molar-refractivity contribution >= 4 is 5.97 Å². The van der Waals surface area contributed by atoms with Crippen molar-refractivity contribution in [2.24, 2.45) is 0 Å². The van der Waals surface area contributed by atoms with Crippen molar-refractivity contribution in [3.05, 3.63) is 52.4 Å².